The fraction of sp³-hybridized carbons (Fsp3) is 0.625. The Morgan fingerprint density at radius 1 is 1.36 bits per heavy atom. The van der Waals surface area contributed by atoms with Crippen molar-refractivity contribution in [3.63, 3.8) is 0 Å². The topological polar surface area (TPSA) is 49.9 Å². The van der Waals surface area contributed by atoms with Gasteiger partial charge in [-0.25, -0.2) is 0 Å². The molecule has 0 saturated carbocycles. The van der Waals surface area contributed by atoms with E-state index in [0.717, 1.165) is 37.9 Å². The van der Waals surface area contributed by atoms with Crippen molar-refractivity contribution < 1.29 is 14.3 Å². The molecule has 0 aliphatic carbocycles. The molecule has 3 saturated heterocycles. The van der Waals surface area contributed by atoms with Crippen molar-refractivity contribution in [2.24, 2.45) is 5.41 Å². The van der Waals surface area contributed by atoms with Gasteiger partial charge in [-0.05, 0) is 37.1 Å². The number of rotatable bonds is 2. The molecule has 1 unspecified atom stereocenters. The summed E-state index contributed by atoms with van der Waals surface area (Å²) in [6, 6.07) is 1.99. The molecule has 22 heavy (non-hydrogen) atoms. The van der Waals surface area contributed by atoms with Gasteiger partial charge in [0.05, 0.1) is 11.1 Å². The molecule has 1 aromatic rings. The molecule has 0 radical (unpaired) electrons. The second-order valence-electron chi connectivity index (χ2n) is 6.48. The largest absolute Gasteiger partial charge is 0.368 e. The average molecular weight is 320 g/mol. The van der Waals surface area contributed by atoms with Gasteiger partial charge >= 0.3 is 0 Å². The zero-order chi connectivity index (χ0) is 15.2. The van der Waals surface area contributed by atoms with Crippen LogP contribution in [0.5, 0.6) is 0 Å². The van der Waals surface area contributed by atoms with Crippen molar-refractivity contribution in [1.29, 1.82) is 0 Å². The highest BCUT2D eigenvalue weighted by Crippen LogP contribution is 2.43. The van der Waals surface area contributed by atoms with Crippen LogP contribution < -0.4 is 4.90 Å². The number of nitrogens with zero attached hydrogens (tertiary/aromatic N) is 2. The normalized spacial score (nSPS) is 31.6. The molecule has 2 amide bonds. The summed E-state index contributed by atoms with van der Waals surface area (Å²) in [5, 5.41) is 4.01. The van der Waals surface area contributed by atoms with Gasteiger partial charge in [-0.15, -0.1) is 0 Å². The van der Waals surface area contributed by atoms with Gasteiger partial charge in [0, 0.05) is 31.6 Å². The van der Waals surface area contributed by atoms with Crippen molar-refractivity contribution in [1.82, 2.24) is 4.90 Å². The first-order chi connectivity index (χ1) is 10.7. The van der Waals surface area contributed by atoms with Crippen LogP contribution in [-0.2, 0) is 14.3 Å². The minimum atomic E-state index is -0.365. The molecule has 0 aromatic carbocycles. The van der Waals surface area contributed by atoms with Crippen molar-refractivity contribution in [2.75, 3.05) is 31.1 Å². The number of amides is 2. The predicted octanol–water partition coefficient (Wildman–Crippen LogP) is 1.88. The van der Waals surface area contributed by atoms with Gasteiger partial charge < -0.3 is 14.5 Å². The van der Waals surface area contributed by atoms with E-state index in [0.29, 0.717) is 19.7 Å². The zero-order valence-electron chi connectivity index (χ0n) is 12.5. The van der Waals surface area contributed by atoms with E-state index in [-0.39, 0.29) is 23.3 Å². The molecule has 118 valence electrons. The maximum absolute atomic E-state index is 12.9. The number of anilines is 1. The van der Waals surface area contributed by atoms with Gasteiger partial charge in [-0.1, -0.05) is 0 Å². The molecule has 0 bridgehead atoms. The van der Waals surface area contributed by atoms with E-state index in [2.05, 4.69) is 0 Å². The molecule has 4 heterocycles. The third-order valence-electron chi connectivity index (χ3n) is 5.20. The van der Waals surface area contributed by atoms with E-state index < -0.39 is 0 Å². The lowest BCUT2D eigenvalue weighted by Gasteiger charge is -2.24. The molecule has 1 aromatic heterocycles. The van der Waals surface area contributed by atoms with Gasteiger partial charge in [0.15, 0.2) is 0 Å². The molecule has 3 aliphatic rings. The van der Waals surface area contributed by atoms with E-state index >= 15 is 0 Å². The number of hydrogen-bond acceptors (Lipinski definition) is 4. The number of thiophene rings is 1. The summed E-state index contributed by atoms with van der Waals surface area (Å²) < 4.78 is 5.50. The first kappa shape index (κ1) is 14.2. The minimum Gasteiger partial charge on any atom is -0.368 e. The van der Waals surface area contributed by atoms with Crippen LogP contribution in [0.4, 0.5) is 5.69 Å². The molecular weight excluding hydrogens is 300 g/mol. The average Bonchev–Trinajstić information content (AvgIpc) is 3.28. The lowest BCUT2D eigenvalue weighted by atomic mass is 9.85. The summed E-state index contributed by atoms with van der Waals surface area (Å²) in [5.41, 5.74) is 0.631. The molecule has 0 N–H and O–H groups in total. The van der Waals surface area contributed by atoms with Crippen LogP contribution in [0.25, 0.3) is 0 Å². The van der Waals surface area contributed by atoms with Crippen LogP contribution in [-0.4, -0.2) is 49.1 Å². The molecule has 5 nitrogen and oxygen atoms in total. The van der Waals surface area contributed by atoms with Crippen LogP contribution in [0.15, 0.2) is 16.8 Å². The zero-order valence-corrected chi connectivity index (χ0v) is 13.3. The van der Waals surface area contributed by atoms with E-state index in [1.54, 1.807) is 11.3 Å². The molecular formula is C16H20N2O3S. The van der Waals surface area contributed by atoms with Gasteiger partial charge in [-0.2, -0.15) is 11.3 Å². The molecule has 3 fully saturated rings. The Hall–Kier alpha value is -1.40. The minimum absolute atomic E-state index is 0.0798. The van der Waals surface area contributed by atoms with Crippen molar-refractivity contribution in [3.8, 4) is 0 Å². The fourth-order valence-corrected chi connectivity index (χ4v) is 4.53. The molecule has 6 heteroatoms. The quantitative estimate of drug-likeness (QED) is 0.836. The summed E-state index contributed by atoms with van der Waals surface area (Å²) in [5.74, 6) is 0.268. The van der Waals surface area contributed by atoms with Gasteiger partial charge in [0.2, 0.25) is 5.91 Å². The van der Waals surface area contributed by atoms with Crippen molar-refractivity contribution in [3.05, 3.63) is 16.8 Å². The third kappa shape index (κ3) is 2.16. The number of carbonyl (C=O) groups excluding carboxylic acids is 2. The van der Waals surface area contributed by atoms with Crippen molar-refractivity contribution >= 4 is 28.8 Å². The van der Waals surface area contributed by atoms with E-state index in [1.807, 2.05) is 26.6 Å². The highest BCUT2D eigenvalue weighted by molar-refractivity contribution is 7.08. The Kier molecular flexibility index (Phi) is 3.46. The smallest absolute Gasteiger partial charge is 0.251 e. The summed E-state index contributed by atoms with van der Waals surface area (Å²) >= 11 is 1.61. The first-order valence-electron chi connectivity index (χ1n) is 7.94. The van der Waals surface area contributed by atoms with Gasteiger partial charge in [-0.3, -0.25) is 9.59 Å². The highest BCUT2D eigenvalue weighted by atomic mass is 32.1. The number of likely N-dealkylation sites (tertiary alicyclic amines) is 1. The lowest BCUT2D eigenvalue weighted by Crippen LogP contribution is -2.41. The SMILES string of the molecule is O=C([C@H]1CCCO1)N1CCC2(CCN(c3ccsc3)C2=O)C1. The van der Waals surface area contributed by atoms with Crippen molar-refractivity contribution in [2.45, 2.75) is 31.8 Å². The number of carbonyl (C=O) groups is 2. The summed E-state index contributed by atoms with van der Waals surface area (Å²) in [6.45, 7) is 2.69. The Labute approximate surface area is 133 Å². The predicted molar refractivity (Wildman–Crippen MR) is 83.9 cm³/mol. The maximum atomic E-state index is 12.9. The van der Waals surface area contributed by atoms with Crippen LogP contribution in [0, 0.1) is 5.41 Å². The van der Waals surface area contributed by atoms with Crippen LogP contribution in [0.2, 0.25) is 0 Å². The van der Waals surface area contributed by atoms with Crippen LogP contribution in [0.1, 0.15) is 25.7 Å². The summed E-state index contributed by atoms with van der Waals surface area (Å²) in [4.78, 5) is 29.1. The number of hydrogen-bond donors (Lipinski definition) is 0. The first-order valence-corrected chi connectivity index (χ1v) is 8.88. The Balaban J connectivity index is 1.47. The molecule has 4 rings (SSSR count). The maximum Gasteiger partial charge on any atom is 0.251 e. The van der Waals surface area contributed by atoms with E-state index in [4.69, 9.17) is 4.74 Å². The van der Waals surface area contributed by atoms with Crippen LogP contribution >= 0.6 is 11.3 Å². The molecule has 2 atom stereocenters. The fourth-order valence-electron chi connectivity index (χ4n) is 3.89. The monoisotopic (exact) mass is 320 g/mol. The third-order valence-corrected chi connectivity index (χ3v) is 5.87. The molecule has 3 aliphatic heterocycles. The second kappa shape index (κ2) is 5.35. The Morgan fingerprint density at radius 3 is 2.95 bits per heavy atom. The van der Waals surface area contributed by atoms with E-state index in [9.17, 15) is 9.59 Å². The highest BCUT2D eigenvalue weighted by Gasteiger charge is 2.52. The van der Waals surface area contributed by atoms with Gasteiger partial charge in [0.1, 0.15) is 6.10 Å². The summed E-state index contributed by atoms with van der Waals surface area (Å²) in [7, 11) is 0. The number of ether oxygens (including phenoxy) is 1. The Bertz CT molecular complexity index is 582. The van der Waals surface area contributed by atoms with Gasteiger partial charge in [0.25, 0.3) is 5.91 Å². The van der Waals surface area contributed by atoms with Crippen LogP contribution in [0.3, 0.4) is 0 Å². The standard InChI is InChI=1S/C16H20N2O3S/c19-14(13-2-1-8-21-13)17-6-4-16(11-17)5-7-18(15(16)20)12-3-9-22-10-12/h3,9-10,13H,1-2,4-8,11H2/t13-,16?/m1/s1. The lowest BCUT2D eigenvalue weighted by molar-refractivity contribution is -0.140. The van der Waals surface area contributed by atoms with E-state index in [1.165, 1.54) is 0 Å². The Morgan fingerprint density at radius 2 is 2.23 bits per heavy atom. The molecule has 1 spiro atoms. The summed E-state index contributed by atoms with van der Waals surface area (Å²) in [6.07, 6.45) is 3.12. The second-order valence-corrected chi connectivity index (χ2v) is 7.26.